The molecule has 5 rings (SSSR count). The Balaban J connectivity index is 1.40. The third-order valence-electron chi connectivity index (χ3n) is 4.35. The highest BCUT2D eigenvalue weighted by molar-refractivity contribution is 5.56. The number of aromatic nitrogens is 7. The summed E-state index contributed by atoms with van der Waals surface area (Å²) in [6, 6.07) is 5.18. The van der Waals surface area contributed by atoms with Gasteiger partial charge in [0.25, 0.3) is 5.88 Å². The average Bonchev–Trinajstić information content (AvgIpc) is 3.34. The maximum Gasteiger partial charge on any atom is 0.275 e. The van der Waals surface area contributed by atoms with E-state index in [1.165, 1.54) is 11.6 Å². The van der Waals surface area contributed by atoms with E-state index in [9.17, 15) is 0 Å². The van der Waals surface area contributed by atoms with E-state index in [0.717, 1.165) is 0 Å². The fourth-order valence-electron chi connectivity index (χ4n) is 2.82. The highest BCUT2D eigenvalue weighted by atomic mass is 16.6. The van der Waals surface area contributed by atoms with Gasteiger partial charge in [0.05, 0.1) is 26.5 Å². The van der Waals surface area contributed by atoms with Crippen LogP contribution in [-0.2, 0) is 11.3 Å². The predicted octanol–water partition coefficient (Wildman–Crippen LogP) is 1.24. The van der Waals surface area contributed by atoms with Crippen molar-refractivity contribution in [3.63, 3.8) is 0 Å². The summed E-state index contributed by atoms with van der Waals surface area (Å²) in [4.78, 5) is 0. The minimum absolute atomic E-state index is 0.0412. The summed E-state index contributed by atoms with van der Waals surface area (Å²) in [6.45, 7) is 3.05. The van der Waals surface area contributed by atoms with Gasteiger partial charge in [0.15, 0.2) is 17.1 Å². The molecule has 0 aliphatic carbocycles. The summed E-state index contributed by atoms with van der Waals surface area (Å²) < 4.78 is 28.7. The van der Waals surface area contributed by atoms with Gasteiger partial charge in [-0.25, -0.2) is 0 Å². The van der Waals surface area contributed by atoms with Gasteiger partial charge in [0.1, 0.15) is 29.9 Å². The van der Waals surface area contributed by atoms with Crippen molar-refractivity contribution in [1.82, 2.24) is 35.2 Å². The lowest BCUT2D eigenvalue weighted by atomic mass is 10.3. The number of fused-ring (bicyclic) bond motifs is 1. The third kappa shape index (κ3) is 3.48. The molecule has 30 heavy (non-hydrogen) atoms. The molecule has 5 heterocycles. The molecule has 0 unspecified atom stereocenters. The van der Waals surface area contributed by atoms with Crippen molar-refractivity contribution in [2.45, 2.75) is 19.6 Å². The zero-order valence-corrected chi connectivity index (χ0v) is 16.2. The number of ether oxygens (including phenoxy) is 4. The van der Waals surface area contributed by atoms with Crippen molar-refractivity contribution in [2.24, 2.45) is 0 Å². The van der Waals surface area contributed by atoms with Crippen molar-refractivity contribution in [3.8, 4) is 28.9 Å². The third-order valence-corrected chi connectivity index (χ3v) is 4.35. The minimum atomic E-state index is 0.0412. The Hall–Kier alpha value is -3.80. The molecule has 154 valence electrons. The fourth-order valence-corrected chi connectivity index (χ4v) is 2.82. The van der Waals surface area contributed by atoms with Crippen LogP contribution in [0.25, 0.3) is 17.2 Å². The van der Waals surface area contributed by atoms with E-state index in [1.54, 1.807) is 31.3 Å². The molecule has 1 aliphatic rings. The predicted molar refractivity (Wildman–Crippen MR) is 99.2 cm³/mol. The second-order valence-electron chi connectivity index (χ2n) is 6.58. The Bertz CT molecular complexity index is 1190. The normalized spacial score (nSPS) is 13.9. The van der Waals surface area contributed by atoms with Gasteiger partial charge in [-0.2, -0.15) is 14.7 Å². The number of hydrogen-bond acceptors (Lipinski definition) is 11. The first kappa shape index (κ1) is 18.2. The van der Waals surface area contributed by atoms with Gasteiger partial charge in [-0.05, 0) is 6.92 Å². The number of nitrogens with zero attached hydrogens (tertiary/aromatic N) is 7. The molecule has 1 saturated heterocycles. The SMILES string of the molecule is COc1cc2nnc(-c3cc(C)on3)n2nc1OCc1cc(OC2COC2)cnn1. The number of aryl methyl sites for hydroxylation is 1. The molecule has 0 atom stereocenters. The molecule has 0 spiro atoms. The molecule has 0 amide bonds. The lowest BCUT2D eigenvalue weighted by Gasteiger charge is -2.26. The van der Waals surface area contributed by atoms with Gasteiger partial charge in [-0.3, -0.25) is 0 Å². The Morgan fingerprint density at radius 1 is 1.17 bits per heavy atom. The van der Waals surface area contributed by atoms with E-state index in [2.05, 4.69) is 30.7 Å². The molecule has 0 bridgehead atoms. The van der Waals surface area contributed by atoms with Gasteiger partial charge in [0, 0.05) is 18.2 Å². The molecule has 1 fully saturated rings. The Morgan fingerprint density at radius 2 is 2.07 bits per heavy atom. The van der Waals surface area contributed by atoms with Gasteiger partial charge >= 0.3 is 0 Å². The summed E-state index contributed by atoms with van der Waals surface area (Å²) in [6.07, 6.45) is 1.59. The maximum atomic E-state index is 5.85. The summed E-state index contributed by atoms with van der Waals surface area (Å²) in [5, 5.41) is 24.7. The van der Waals surface area contributed by atoms with E-state index in [1.807, 2.05) is 0 Å². The topological polar surface area (TPSA) is 132 Å². The van der Waals surface area contributed by atoms with Gasteiger partial charge < -0.3 is 23.5 Å². The Morgan fingerprint density at radius 3 is 2.80 bits per heavy atom. The smallest absolute Gasteiger partial charge is 0.275 e. The van der Waals surface area contributed by atoms with Crippen LogP contribution in [0.5, 0.6) is 17.4 Å². The second-order valence-corrected chi connectivity index (χ2v) is 6.58. The maximum absolute atomic E-state index is 5.85. The van der Waals surface area contributed by atoms with Crippen molar-refractivity contribution in [2.75, 3.05) is 20.3 Å². The van der Waals surface area contributed by atoms with E-state index in [0.29, 0.717) is 53.3 Å². The highest BCUT2D eigenvalue weighted by Gasteiger charge is 2.21. The van der Waals surface area contributed by atoms with E-state index >= 15 is 0 Å². The quantitative estimate of drug-likeness (QED) is 0.435. The van der Waals surface area contributed by atoms with E-state index in [4.69, 9.17) is 23.5 Å². The zero-order valence-electron chi connectivity index (χ0n) is 16.2. The van der Waals surface area contributed by atoms with Crippen LogP contribution in [0.4, 0.5) is 0 Å². The lowest BCUT2D eigenvalue weighted by Crippen LogP contribution is -2.38. The highest BCUT2D eigenvalue weighted by Crippen LogP contribution is 2.28. The Kier molecular flexibility index (Phi) is 4.59. The van der Waals surface area contributed by atoms with Crippen LogP contribution in [0.15, 0.2) is 28.9 Å². The van der Waals surface area contributed by atoms with Crippen molar-refractivity contribution < 1.29 is 23.5 Å². The minimum Gasteiger partial charge on any atom is -0.491 e. The van der Waals surface area contributed by atoms with Crippen LogP contribution < -0.4 is 14.2 Å². The molecule has 0 N–H and O–H groups in total. The van der Waals surface area contributed by atoms with Crippen LogP contribution in [-0.4, -0.2) is 61.6 Å². The van der Waals surface area contributed by atoms with Crippen molar-refractivity contribution in [3.05, 3.63) is 35.9 Å². The van der Waals surface area contributed by atoms with Crippen molar-refractivity contribution >= 4 is 5.65 Å². The van der Waals surface area contributed by atoms with Crippen LogP contribution in [0.2, 0.25) is 0 Å². The molecule has 0 aromatic carbocycles. The molecule has 4 aromatic heterocycles. The summed E-state index contributed by atoms with van der Waals surface area (Å²) in [5.74, 6) is 2.33. The van der Waals surface area contributed by atoms with Crippen LogP contribution in [0.3, 0.4) is 0 Å². The van der Waals surface area contributed by atoms with Crippen LogP contribution in [0, 0.1) is 6.92 Å². The number of methoxy groups -OCH3 is 1. The first-order valence-electron chi connectivity index (χ1n) is 9.12. The van der Waals surface area contributed by atoms with Gasteiger partial charge in [-0.1, -0.05) is 5.16 Å². The Labute approximate surface area is 169 Å². The number of rotatable bonds is 7. The average molecular weight is 411 g/mol. The summed E-state index contributed by atoms with van der Waals surface area (Å²) in [5.41, 5.74) is 1.57. The van der Waals surface area contributed by atoms with Crippen LogP contribution >= 0.6 is 0 Å². The fraction of sp³-hybridized carbons (Fsp3) is 0.333. The van der Waals surface area contributed by atoms with Crippen molar-refractivity contribution in [1.29, 1.82) is 0 Å². The number of hydrogen-bond donors (Lipinski definition) is 0. The lowest BCUT2D eigenvalue weighted by molar-refractivity contribution is -0.0799. The standard InChI is InChI=1S/C18H17N7O5/c1-10-3-14(24-30-10)17-22-21-16-5-15(26-2)18(23-25(16)17)28-7-11-4-12(6-19-20-11)29-13-8-27-9-13/h3-6,13H,7-9H2,1-2H3. The summed E-state index contributed by atoms with van der Waals surface area (Å²) in [7, 11) is 1.52. The first-order chi connectivity index (χ1) is 14.7. The molecule has 1 aliphatic heterocycles. The monoisotopic (exact) mass is 411 g/mol. The van der Waals surface area contributed by atoms with Crippen LogP contribution in [0.1, 0.15) is 11.5 Å². The molecular formula is C18H17N7O5. The molecular weight excluding hydrogens is 394 g/mol. The second kappa shape index (κ2) is 7.55. The zero-order chi connectivity index (χ0) is 20.5. The van der Waals surface area contributed by atoms with E-state index < -0.39 is 0 Å². The first-order valence-corrected chi connectivity index (χ1v) is 9.12. The molecule has 0 radical (unpaired) electrons. The molecule has 12 heteroatoms. The largest absolute Gasteiger partial charge is 0.491 e. The molecule has 4 aromatic rings. The molecule has 12 nitrogen and oxygen atoms in total. The van der Waals surface area contributed by atoms with Gasteiger partial charge in [-0.15, -0.1) is 15.3 Å². The van der Waals surface area contributed by atoms with E-state index in [-0.39, 0.29) is 18.6 Å². The summed E-state index contributed by atoms with van der Waals surface area (Å²) >= 11 is 0. The van der Waals surface area contributed by atoms with Gasteiger partial charge in [0.2, 0.25) is 5.82 Å². The molecule has 0 saturated carbocycles.